The SMILES string of the molecule is CCc1nn(C)cc1C1C(CNC2CC2)CCN1C. The van der Waals surface area contributed by atoms with Gasteiger partial charge in [-0.3, -0.25) is 9.58 Å². The average Bonchev–Trinajstić information content (AvgIpc) is 3.05. The van der Waals surface area contributed by atoms with Crippen LogP contribution in [0.25, 0.3) is 0 Å². The van der Waals surface area contributed by atoms with Crippen LogP contribution >= 0.6 is 0 Å². The molecule has 0 spiro atoms. The van der Waals surface area contributed by atoms with Gasteiger partial charge in [0.1, 0.15) is 0 Å². The molecule has 2 fully saturated rings. The summed E-state index contributed by atoms with van der Waals surface area (Å²) in [7, 11) is 4.29. The van der Waals surface area contributed by atoms with E-state index >= 15 is 0 Å². The summed E-state index contributed by atoms with van der Waals surface area (Å²) in [6, 6.07) is 1.36. The van der Waals surface area contributed by atoms with E-state index in [1.807, 2.05) is 11.7 Å². The summed E-state index contributed by atoms with van der Waals surface area (Å²) in [6.45, 7) is 4.58. The summed E-state index contributed by atoms with van der Waals surface area (Å²) in [6.07, 6.45) is 7.32. The van der Waals surface area contributed by atoms with Gasteiger partial charge in [0, 0.05) is 37.4 Å². The number of hydrogen-bond acceptors (Lipinski definition) is 3. The molecule has 2 heterocycles. The maximum absolute atomic E-state index is 4.62. The van der Waals surface area contributed by atoms with E-state index in [0.29, 0.717) is 6.04 Å². The van der Waals surface area contributed by atoms with Gasteiger partial charge in [0.25, 0.3) is 0 Å². The zero-order valence-corrected chi connectivity index (χ0v) is 12.4. The van der Waals surface area contributed by atoms with Crippen LogP contribution < -0.4 is 5.32 Å². The summed E-state index contributed by atoms with van der Waals surface area (Å²) >= 11 is 0. The molecule has 0 radical (unpaired) electrons. The highest BCUT2D eigenvalue weighted by molar-refractivity contribution is 5.24. The van der Waals surface area contributed by atoms with Crippen molar-refractivity contribution >= 4 is 0 Å². The molecule has 1 saturated carbocycles. The maximum Gasteiger partial charge on any atom is 0.0669 e. The Kier molecular flexibility index (Phi) is 3.63. The van der Waals surface area contributed by atoms with E-state index in [-0.39, 0.29) is 0 Å². The lowest BCUT2D eigenvalue weighted by Gasteiger charge is -2.25. The largest absolute Gasteiger partial charge is 0.314 e. The predicted octanol–water partition coefficient (Wildman–Crippen LogP) is 1.73. The van der Waals surface area contributed by atoms with Crippen LogP contribution in [-0.2, 0) is 13.5 Å². The van der Waals surface area contributed by atoms with Crippen LogP contribution in [0.5, 0.6) is 0 Å². The van der Waals surface area contributed by atoms with Crippen LogP contribution in [0, 0.1) is 5.92 Å². The van der Waals surface area contributed by atoms with Gasteiger partial charge in [-0.1, -0.05) is 6.92 Å². The van der Waals surface area contributed by atoms with Crippen molar-refractivity contribution in [3.8, 4) is 0 Å². The Morgan fingerprint density at radius 3 is 2.79 bits per heavy atom. The van der Waals surface area contributed by atoms with E-state index in [9.17, 15) is 0 Å². The second-order valence-corrected chi connectivity index (χ2v) is 6.22. The fraction of sp³-hybridized carbons (Fsp3) is 0.800. The Morgan fingerprint density at radius 2 is 2.11 bits per heavy atom. The lowest BCUT2D eigenvalue weighted by atomic mass is 9.93. The van der Waals surface area contributed by atoms with Crippen molar-refractivity contribution < 1.29 is 0 Å². The van der Waals surface area contributed by atoms with Gasteiger partial charge in [-0.2, -0.15) is 5.10 Å². The minimum absolute atomic E-state index is 0.551. The van der Waals surface area contributed by atoms with Crippen LogP contribution in [0.2, 0.25) is 0 Å². The number of likely N-dealkylation sites (tertiary alicyclic amines) is 1. The van der Waals surface area contributed by atoms with Gasteiger partial charge in [0.05, 0.1) is 5.69 Å². The summed E-state index contributed by atoms with van der Waals surface area (Å²) < 4.78 is 1.98. The molecule has 1 aliphatic heterocycles. The lowest BCUT2D eigenvalue weighted by molar-refractivity contribution is 0.270. The van der Waals surface area contributed by atoms with Crippen molar-refractivity contribution in [2.75, 3.05) is 20.1 Å². The zero-order valence-electron chi connectivity index (χ0n) is 12.4. The highest BCUT2D eigenvalue weighted by Crippen LogP contribution is 2.37. The predicted molar refractivity (Wildman–Crippen MR) is 77.1 cm³/mol. The van der Waals surface area contributed by atoms with Crippen LogP contribution in [0.1, 0.15) is 43.5 Å². The number of aryl methyl sites for hydroxylation is 2. The minimum atomic E-state index is 0.551. The molecule has 3 rings (SSSR count). The summed E-state index contributed by atoms with van der Waals surface area (Å²) in [4.78, 5) is 2.51. The van der Waals surface area contributed by atoms with Crippen LogP contribution in [0.4, 0.5) is 0 Å². The Morgan fingerprint density at radius 1 is 1.32 bits per heavy atom. The van der Waals surface area contributed by atoms with Gasteiger partial charge in [-0.15, -0.1) is 0 Å². The molecule has 1 aromatic rings. The summed E-state index contributed by atoms with van der Waals surface area (Å²) in [5, 5.41) is 8.33. The third-order valence-corrected chi connectivity index (χ3v) is 4.61. The fourth-order valence-corrected chi connectivity index (χ4v) is 3.41. The molecule has 106 valence electrons. The Hall–Kier alpha value is -0.870. The zero-order chi connectivity index (χ0) is 13.4. The third-order valence-electron chi connectivity index (χ3n) is 4.61. The highest BCUT2D eigenvalue weighted by Gasteiger charge is 2.36. The molecular formula is C15H26N4. The molecule has 1 aliphatic carbocycles. The van der Waals surface area contributed by atoms with Crippen molar-refractivity contribution in [2.45, 2.75) is 44.7 Å². The molecule has 4 nitrogen and oxygen atoms in total. The van der Waals surface area contributed by atoms with Crippen LogP contribution in [0.15, 0.2) is 6.20 Å². The molecule has 2 aliphatic rings. The Balaban J connectivity index is 1.77. The first-order valence-corrected chi connectivity index (χ1v) is 7.65. The first-order chi connectivity index (χ1) is 9.19. The minimum Gasteiger partial charge on any atom is -0.314 e. The topological polar surface area (TPSA) is 33.1 Å². The fourth-order valence-electron chi connectivity index (χ4n) is 3.41. The maximum atomic E-state index is 4.62. The second-order valence-electron chi connectivity index (χ2n) is 6.22. The number of aromatic nitrogens is 2. The smallest absolute Gasteiger partial charge is 0.0669 e. The van der Waals surface area contributed by atoms with Crippen LogP contribution in [0.3, 0.4) is 0 Å². The van der Waals surface area contributed by atoms with Gasteiger partial charge in [0.2, 0.25) is 0 Å². The van der Waals surface area contributed by atoms with Crippen molar-refractivity contribution in [3.63, 3.8) is 0 Å². The molecule has 4 heteroatoms. The van der Waals surface area contributed by atoms with Crippen molar-refractivity contribution in [3.05, 3.63) is 17.5 Å². The summed E-state index contributed by atoms with van der Waals surface area (Å²) in [5.74, 6) is 0.736. The van der Waals surface area contributed by atoms with Gasteiger partial charge < -0.3 is 5.32 Å². The standard InChI is InChI=1S/C15H26N4/c1-4-14-13(10-19(3)17-14)15-11(7-8-18(15)2)9-16-12-5-6-12/h10-12,15-16H,4-9H2,1-3H3. The van der Waals surface area contributed by atoms with Gasteiger partial charge in [-0.25, -0.2) is 0 Å². The van der Waals surface area contributed by atoms with Crippen molar-refractivity contribution in [2.24, 2.45) is 13.0 Å². The monoisotopic (exact) mass is 262 g/mol. The van der Waals surface area contributed by atoms with E-state index < -0.39 is 0 Å². The first-order valence-electron chi connectivity index (χ1n) is 7.65. The molecular weight excluding hydrogens is 236 g/mol. The normalized spacial score (nSPS) is 28.2. The quantitative estimate of drug-likeness (QED) is 0.877. The number of rotatable bonds is 5. The van der Waals surface area contributed by atoms with Gasteiger partial charge in [0.15, 0.2) is 0 Å². The van der Waals surface area contributed by atoms with Gasteiger partial charge >= 0.3 is 0 Å². The number of hydrogen-bond donors (Lipinski definition) is 1. The Labute approximate surface area is 116 Å². The second kappa shape index (κ2) is 5.25. The van der Waals surface area contributed by atoms with E-state index in [2.05, 4.69) is 35.5 Å². The average molecular weight is 262 g/mol. The molecule has 0 bridgehead atoms. The molecule has 1 saturated heterocycles. The van der Waals surface area contributed by atoms with Crippen LogP contribution in [-0.4, -0.2) is 40.9 Å². The Bertz CT molecular complexity index is 435. The first kappa shape index (κ1) is 13.1. The molecule has 2 atom stereocenters. The third kappa shape index (κ3) is 2.70. The van der Waals surface area contributed by atoms with E-state index in [1.54, 1.807) is 0 Å². The molecule has 1 aromatic heterocycles. The molecule has 0 amide bonds. The highest BCUT2D eigenvalue weighted by atomic mass is 15.3. The molecule has 1 N–H and O–H groups in total. The lowest BCUT2D eigenvalue weighted by Crippen LogP contribution is -2.30. The van der Waals surface area contributed by atoms with Gasteiger partial charge in [-0.05, 0) is 45.2 Å². The molecule has 2 unspecified atom stereocenters. The summed E-state index contributed by atoms with van der Waals surface area (Å²) in [5.41, 5.74) is 2.73. The van der Waals surface area contributed by atoms with E-state index in [1.165, 1.54) is 37.1 Å². The van der Waals surface area contributed by atoms with E-state index in [0.717, 1.165) is 24.9 Å². The number of nitrogens with zero attached hydrogens (tertiary/aromatic N) is 3. The molecule has 0 aromatic carbocycles. The van der Waals surface area contributed by atoms with Crippen molar-refractivity contribution in [1.82, 2.24) is 20.0 Å². The molecule has 19 heavy (non-hydrogen) atoms. The van der Waals surface area contributed by atoms with E-state index in [4.69, 9.17) is 0 Å². The number of nitrogens with one attached hydrogen (secondary N) is 1. The van der Waals surface area contributed by atoms with Crippen molar-refractivity contribution in [1.29, 1.82) is 0 Å².